The average molecular weight is 250 g/mol. The number of carbonyl (C=O) groups is 1. The molecular weight excluding hydrogens is 239 g/mol. The Labute approximate surface area is 102 Å². The molecule has 94 valence electrons. The molecule has 2 rings (SSSR count). The maximum atomic E-state index is 13.6. The minimum absolute atomic E-state index is 0.0477. The van der Waals surface area contributed by atoms with Crippen LogP contribution in [0.15, 0.2) is 18.6 Å². The van der Waals surface area contributed by atoms with E-state index in [1.54, 1.807) is 0 Å². The maximum Gasteiger partial charge on any atom is 0.251 e. The summed E-state index contributed by atoms with van der Waals surface area (Å²) in [5.74, 6) is -1.04. The molecule has 0 aromatic carbocycles. The Kier molecular flexibility index (Phi) is 3.18. The Bertz CT molecular complexity index is 581. The van der Waals surface area contributed by atoms with Gasteiger partial charge in [-0.25, -0.2) is 14.1 Å². The smallest absolute Gasteiger partial charge is 0.251 e. The molecule has 0 aliphatic rings. The number of nitrogens with two attached hydrogens (primary N) is 1. The van der Waals surface area contributed by atoms with Crippen molar-refractivity contribution < 1.29 is 9.18 Å². The van der Waals surface area contributed by atoms with Crippen molar-refractivity contribution in [2.45, 2.75) is 6.92 Å². The SMILES string of the molecule is CCNc1ncc(F)c(-n2cc(C(N)=O)cn2)n1. The normalized spacial score (nSPS) is 10.3. The molecule has 2 aromatic rings. The number of amides is 1. The number of nitrogens with zero attached hydrogens (tertiary/aromatic N) is 4. The maximum absolute atomic E-state index is 13.6. The predicted octanol–water partition coefficient (Wildman–Crippen LogP) is 0.332. The molecule has 0 aliphatic heterocycles. The summed E-state index contributed by atoms with van der Waals surface area (Å²) in [7, 11) is 0. The van der Waals surface area contributed by atoms with Crippen molar-refractivity contribution in [3.63, 3.8) is 0 Å². The number of hydrogen-bond donors (Lipinski definition) is 2. The van der Waals surface area contributed by atoms with Crippen LogP contribution in [0.3, 0.4) is 0 Å². The fourth-order valence-electron chi connectivity index (χ4n) is 1.33. The first-order valence-electron chi connectivity index (χ1n) is 5.23. The third-order valence-electron chi connectivity index (χ3n) is 2.14. The third-order valence-corrected chi connectivity index (χ3v) is 2.14. The highest BCUT2D eigenvalue weighted by Gasteiger charge is 2.12. The fourth-order valence-corrected chi connectivity index (χ4v) is 1.33. The number of hydrogen-bond acceptors (Lipinski definition) is 5. The largest absolute Gasteiger partial charge is 0.366 e. The van der Waals surface area contributed by atoms with E-state index in [-0.39, 0.29) is 17.3 Å². The number of nitrogens with one attached hydrogen (secondary N) is 1. The van der Waals surface area contributed by atoms with Crippen LogP contribution in [-0.2, 0) is 0 Å². The average Bonchev–Trinajstić information content (AvgIpc) is 2.81. The molecule has 0 spiro atoms. The highest BCUT2D eigenvalue weighted by Crippen LogP contribution is 2.11. The van der Waals surface area contributed by atoms with Crippen molar-refractivity contribution >= 4 is 11.9 Å². The zero-order chi connectivity index (χ0) is 13.1. The summed E-state index contributed by atoms with van der Waals surface area (Å²) in [5.41, 5.74) is 5.27. The molecule has 0 bridgehead atoms. The fraction of sp³-hybridized carbons (Fsp3) is 0.200. The molecule has 2 aromatic heterocycles. The summed E-state index contributed by atoms with van der Waals surface area (Å²) >= 11 is 0. The molecule has 1 amide bonds. The molecule has 0 saturated carbocycles. The van der Waals surface area contributed by atoms with E-state index in [4.69, 9.17) is 5.73 Å². The van der Waals surface area contributed by atoms with Crippen molar-refractivity contribution in [2.75, 3.05) is 11.9 Å². The van der Waals surface area contributed by atoms with E-state index in [9.17, 15) is 9.18 Å². The van der Waals surface area contributed by atoms with Crippen LogP contribution in [0.25, 0.3) is 5.82 Å². The zero-order valence-electron chi connectivity index (χ0n) is 9.59. The second kappa shape index (κ2) is 4.78. The Morgan fingerprint density at radius 3 is 2.94 bits per heavy atom. The Morgan fingerprint density at radius 2 is 2.33 bits per heavy atom. The Hall–Kier alpha value is -2.51. The van der Waals surface area contributed by atoms with E-state index < -0.39 is 11.7 Å². The first kappa shape index (κ1) is 12.0. The van der Waals surface area contributed by atoms with Crippen molar-refractivity contribution in [1.82, 2.24) is 19.7 Å². The second-order valence-corrected chi connectivity index (χ2v) is 3.43. The summed E-state index contributed by atoms with van der Waals surface area (Å²) in [4.78, 5) is 18.7. The second-order valence-electron chi connectivity index (χ2n) is 3.43. The highest BCUT2D eigenvalue weighted by atomic mass is 19.1. The molecule has 8 heteroatoms. The van der Waals surface area contributed by atoms with Gasteiger partial charge in [0, 0.05) is 12.7 Å². The van der Waals surface area contributed by atoms with Gasteiger partial charge >= 0.3 is 0 Å². The predicted molar refractivity (Wildman–Crippen MR) is 61.8 cm³/mol. The minimum Gasteiger partial charge on any atom is -0.366 e. The quantitative estimate of drug-likeness (QED) is 0.814. The lowest BCUT2D eigenvalue weighted by Gasteiger charge is -2.05. The van der Waals surface area contributed by atoms with E-state index in [2.05, 4.69) is 20.4 Å². The zero-order valence-corrected chi connectivity index (χ0v) is 9.59. The molecular formula is C10H11FN6O. The summed E-state index contributed by atoms with van der Waals surface area (Å²) in [6.07, 6.45) is 3.59. The van der Waals surface area contributed by atoms with Gasteiger partial charge in [0.05, 0.1) is 18.0 Å². The van der Waals surface area contributed by atoms with Gasteiger partial charge in [-0.2, -0.15) is 10.1 Å². The standard InChI is InChI=1S/C10H11FN6O/c1-2-13-10-14-4-7(11)9(16-10)17-5-6(3-15-17)8(12)18/h3-5H,2H2,1H3,(H2,12,18)(H,13,14,16). The van der Waals surface area contributed by atoms with E-state index >= 15 is 0 Å². The van der Waals surface area contributed by atoms with E-state index in [0.717, 1.165) is 10.9 Å². The van der Waals surface area contributed by atoms with Gasteiger partial charge in [-0.1, -0.05) is 0 Å². The van der Waals surface area contributed by atoms with Crippen LogP contribution in [0.5, 0.6) is 0 Å². The third kappa shape index (κ3) is 2.26. The van der Waals surface area contributed by atoms with Gasteiger partial charge < -0.3 is 11.1 Å². The van der Waals surface area contributed by atoms with Gasteiger partial charge in [0.25, 0.3) is 5.91 Å². The van der Waals surface area contributed by atoms with Crippen molar-refractivity contribution in [3.8, 4) is 5.82 Å². The van der Waals surface area contributed by atoms with Gasteiger partial charge in [-0.05, 0) is 6.92 Å². The van der Waals surface area contributed by atoms with Crippen LogP contribution in [0.2, 0.25) is 0 Å². The first-order valence-corrected chi connectivity index (χ1v) is 5.23. The number of halogens is 1. The Balaban J connectivity index is 2.41. The van der Waals surface area contributed by atoms with Gasteiger partial charge in [0.2, 0.25) is 5.95 Å². The minimum atomic E-state index is -0.643. The summed E-state index contributed by atoms with van der Waals surface area (Å²) in [5, 5.41) is 6.68. The topological polar surface area (TPSA) is 98.7 Å². The summed E-state index contributed by atoms with van der Waals surface area (Å²) in [6, 6.07) is 0. The number of aromatic nitrogens is 4. The van der Waals surface area contributed by atoms with E-state index in [0.29, 0.717) is 6.54 Å². The molecule has 3 N–H and O–H groups in total. The molecule has 0 atom stereocenters. The van der Waals surface area contributed by atoms with Crippen LogP contribution in [-0.4, -0.2) is 32.2 Å². The van der Waals surface area contributed by atoms with Crippen LogP contribution in [0.1, 0.15) is 17.3 Å². The molecule has 0 fully saturated rings. The lowest BCUT2D eigenvalue weighted by atomic mass is 10.3. The van der Waals surface area contributed by atoms with Crippen LogP contribution in [0, 0.1) is 5.82 Å². The van der Waals surface area contributed by atoms with Crippen LogP contribution >= 0.6 is 0 Å². The highest BCUT2D eigenvalue weighted by molar-refractivity contribution is 5.92. The summed E-state index contributed by atoms with van der Waals surface area (Å²) in [6.45, 7) is 2.47. The lowest BCUT2D eigenvalue weighted by molar-refractivity contribution is 0.100. The first-order chi connectivity index (χ1) is 8.61. The van der Waals surface area contributed by atoms with Gasteiger partial charge in [-0.15, -0.1) is 0 Å². The van der Waals surface area contributed by atoms with Gasteiger partial charge in [0.1, 0.15) is 0 Å². The molecule has 7 nitrogen and oxygen atoms in total. The van der Waals surface area contributed by atoms with Crippen molar-refractivity contribution in [3.05, 3.63) is 30.0 Å². The molecule has 0 radical (unpaired) electrons. The summed E-state index contributed by atoms with van der Waals surface area (Å²) < 4.78 is 14.7. The monoisotopic (exact) mass is 250 g/mol. The van der Waals surface area contributed by atoms with E-state index in [1.165, 1.54) is 12.4 Å². The van der Waals surface area contributed by atoms with Crippen molar-refractivity contribution in [2.24, 2.45) is 5.73 Å². The Morgan fingerprint density at radius 1 is 1.56 bits per heavy atom. The van der Waals surface area contributed by atoms with Crippen molar-refractivity contribution in [1.29, 1.82) is 0 Å². The van der Waals surface area contributed by atoms with Gasteiger partial charge in [-0.3, -0.25) is 4.79 Å². The van der Waals surface area contributed by atoms with Crippen LogP contribution < -0.4 is 11.1 Å². The molecule has 0 saturated heterocycles. The molecule has 18 heavy (non-hydrogen) atoms. The van der Waals surface area contributed by atoms with Crippen LogP contribution in [0.4, 0.5) is 10.3 Å². The van der Waals surface area contributed by atoms with E-state index in [1.807, 2.05) is 6.92 Å². The van der Waals surface area contributed by atoms with Gasteiger partial charge in [0.15, 0.2) is 11.6 Å². The molecule has 0 unspecified atom stereocenters. The number of carbonyl (C=O) groups excluding carboxylic acids is 1. The molecule has 2 heterocycles. The molecule has 0 aliphatic carbocycles. The number of rotatable bonds is 4. The lowest BCUT2D eigenvalue weighted by Crippen LogP contribution is -2.10. The number of anilines is 1. The number of primary amides is 1.